The van der Waals surface area contributed by atoms with Gasteiger partial charge in [-0.1, -0.05) is 52.7 Å². The van der Waals surface area contributed by atoms with Gasteiger partial charge in [-0.2, -0.15) is 0 Å². The van der Waals surface area contributed by atoms with Gasteiger partial charge in [0.05, 0.1) is 12.5 Å². The number of aliphatic carboxylic acids is 1. The van der Waals surface area contributed by atoms with E-state index < -0.39 is 11.4 Å². The summed E-state index contributed by atoms with van der Waals surface area (Å²) in [6.45, 7) is 8.49. The lowest BCUT2D eigenvalue weighted by Crippen LogP contribution is -2.34. The zero-order valence-electron chi connectivity index (χ0n) is 14.4. The molecule has 0 atom stereocenters. The highest BCUT2D eigenvalue weighted by atomic mass is 16.5. The number of ether oxygens (including phenoxy) is 1. The summed E-state index contributed by atoms with van der Waals surface area (Å²) in [5, 5.41) is 10.0. The summed E-state index contributed by atoms with van der Waals surface area (Å²) < 4.78 is 5.75. The second-order valence-electron chi connectivity index (χ2n) is 7.06. The van der Waals surface area contributed by atoms with Crippen LogP contribution < -0.4 is 4.74 Å². The van der Waals surface area contributed by atoms with Gasteiger partial charge in [0.2, 0.25) is 0 Å². The van der Waals surface area contributed by atoms with E-state index in [1.807, 2.05) is 0 Å². The Bertz CT molecular complexity index is 552. The lowest BCUT2D eigenvalue weighted by atomic mass is 9.73. The molecule has 3 heteroatoms. The van der Waals surface area contributed by atoms with Gasteiger partial charge >= 0.3 is 5.97 Å². The molecule has 0 aliphatic heterocycles. The Morgan fingerprint density at radius 2 is 1.59 bits per heavy atom. The summed E-state index contributed by atoms with van der Waals surface area (Å²) in [5.74, 6) is 0.681. The highest BCUT2D eigenvalue weighted by Gasteiger charge is 2.47. The number of carboxylic acids is 1. The minimum Gasteiger partial charge on any atom is -0.496 e. The third-order valence-electron chi connectivity index (χ3n) is 5.01. The molecule has 1 aliphatic rings. The predicted octanol–water partition coefficient (Wildman–Crippen LogP) is 4.84. The molecule has 22 heavy (non-hydrogen) atoms. The van der Waals surface area contributed by atoms with Crippen LogP contribution in [-0.4, -0.2) is 18.2 Å². The standard InChI is InChI=1S/C19H28O3/c1-12(2)14-8-9-15(13(3)4)17(22-5)16(14)19(18(20)21)10-6-7-11-19/h8-9,12-13H,6-7,10-11H2,1-5H3,(H,20,21). The van der Waals surface area contributed by atoms with Crippen LogP contribution in [0.25, 0.3) is 0 Å². The van der Waals surface area contributed by atoms with Gasteiger partial charge in [-0.25, -0.2) is 0 Å². The van der Waals surface area contributed by atoms with E-state index in [9.17, 15) is 9.90 Å². The molecule has 0 unspecified atom stereocenters. The van der Waals surface area contributed by atoms with Crippen LogP contribution in [0.4, 0.5) is 0 Å². The molecular formula is C19H28O3. The van der Waals surface area contributed by atoms with E-state index in [2.05, 4.69) is 39.8 Å². The minimum atomic E-state index is -0.782. The first-order chi connectivity index (χ1) is 10.3. The molecule has 0 amide bonds. The van der Waals surface area contributed by atoms with Gasteiger partial charge in [0.15, 0.2) is 0 Å². The van der Waals surface area contributed by atoms with Crippen LogP contribution in [0.1, 0.15) is 81.9 Å². The van der Waals surface area contributed by atoms with Gasteiger partial charge < -0.3 is 9.84 Å². The highest BCUT2D eigenvalue weighted by molar-refractivity contribution is 5.84. The fourth-order valence-electron chi connectivity index (χ4n) is 3.81. The Kier molecular flexibility index (Phi) is 4.84. The van der Waals surface area contributed by atoms with Crippen molar-refractivity contribution in [2.24, 2.45) is 0 Å². The number of rotatable bonds is 5. The first-order valence-electron chi connectivity index (χ1n) is 8.29. The smallest absolute Gasteiger partial charge is 0.314 e. The maximum atomic E-state index is 12.2. The second-order valence-corrected chi connectivity index (χ2v) is 7.06. The fraction of sp³-hybridized carbons (Fsp3) is 0.632. The summed E-state index contributed by atoms with van der Waals surface area (Å²) in [6, 6.07) is 4.22. The van der Waals surface area contributed by atoms with E-state index in [1.54, 1.807) is 7.11 Å². The Hall–Kier alpha value is -1.51. The fourth-order valence-corrected chi connectivity index (χ4v) is 3.81. The first-order valence-corrected chi connectivity index (χ1v) is 8.29. The molecular weight excluding hydrogens is 276 g/mol. The Morgan fingerprint density at radius 3 is 2.00 bits per heavy atom. The topological polar surface area (TPSA) is 46.5 Å². The zero-order chi connectivity index (χ0) is 16.5. The van der Waals surface area contributed by atoms with Crippen LogP contribution >= 0.6 is 0 Å². The van der Waals surface area contributed by atoms with Crippen LogP contribution in [-0.2, 0) is 10.2 Å². The summed E-state index contributed by atoms with van der Waals surface area (Å²) in [6.07, 6.45) is 3.36. The van der Waals surface area contributed by atoms with Crippen LogP contribution in [0.2, 0.25) is 0 Å². The molecule has 2 rings (SSSR count). The van der Waals surface area contributed by atoms with Crippen LogP contribution in [0.5, 0.6) is 5.75 Å². The second kappa shape index (κ2) is 6.31. The first kappa shape index (κ1) is 16.9. The van der Waals surface area contributed by atoms with Gasteiger partial charge in [-0.3, -0.25) is 4.79 Å². The number of carbonyl (C=O) groups is 1. The van der Waals surface area contributed by atoms with Crippen molar-refractivity contribution in [1.29, 1.82) is 0 Å². The van der Waals surface area contributed by atoms with Crippen molar-refractivity contribution < 1.29 is 14.6 Å². The normalized spacial score (nSPS) is 17.2. The Labute approximate surface area is 133 Å². The van der Waals surface area contributed by atoms with E-state index in [1.165, 1.54) is 0 Å². The maximum Gasteiger partial charge on any atom is 0.314 e. The van der Waals surface area contributed by atoms with Crippen molar-refractivity contribution in [3.8, 4) is 5.75 Å². The summed E-state index contributed by atoms with van der Waals surface area (Å²) in [5.41, 5.74) is 2.37. The molecule has 122 valence electrons. The molecule has 1 aliphatic carbocycles. The van der Waals surface area contributed by atoms with Crippen LogP contribution in [0.15, 0.2) is 12.1 Å². The van der Waals surface area contributed by atoms with Crippen molar-refractivity contribution in [3.63, 3.8) is 0 Å². The van der Waals surface area contributed by atoms with Gasteiger partial charge in [0.25, 0.3) is 0 Å². The molecule has 0 saturated heterocycles. The van der Waals surface area contributed by atoms with Crippen LogP contribution in [0, 0.1) is 0 Å². The lowest BCUT2D eigenvalue weighted by molar-refractivity contribution is -0.143. The van der Waals surface area contributed by atoms with Crippen molar-refractivity contribution in [2.75, 3.05) is 7.11 Å². The molecule has 3 nitrogen and oxygen atoms in total. The molecule has 0 bridgehead atoms. The largest absolute Gasteiger partial charge is 0.496 e. The molecule has 0 spiro atoms. The number of methoxy groups -OCH3 is 1. The van der Waals surface area contributed by atoms with E-state index in [4.69, 9.17) is 4.74 Å². The number of carboxylic acid groups (broad SMARTS) is 1. The molecule has 1 N–H and O–H groups in total. The molecule has 1 saturated carbocycles. The maximum absolute atomic E-state index is 12.2. The highest BCUT2D eigenvalue weighted by Crippen LogP contribution is 2.50. The minimum absolute atomic E-state index is 0.280. The molecule has 1 aromatic carbocycles. The molecule has 1 fully saturated rings. The predicted molar refractivity (Wildman–Crippen MR) is 89.0 cm³/mol. The van der Waals surface area contributed by atoms with Crippen LogP contribution in [0.3, 0.4) is 0 Å². The van der Waals surface area contributed by atoms with Gasteiger partial charge in [-0.15, -0.1) is 0 Å². The monoisotopic (exact) mass is 304 g/mol. The Morgan fingerprint density at radius 1 is 1.09 bits per heavy atom. The number of hydrogen-bond donors (Lipinski definition) is 1. The average molecular weight is 304 g/mol. The molecule has 0 radical (unpaired) electrons. The van der Waals surface area contributed by atoms with Gasteiger partial charge in [-0.05, 0) is 35.8 Å². The van der Waals surface area contributed by atoms with Crippen molar-refractivity contribution in [2.45, 2.75) is 70.6 Å². The zero-order valence-corrected chi connectivity index (χ0v) is 14.4. The lowest BCUT2D eigenvalue weighted by Gasteiger charge is -2.32. The summed E-state index contributed by atoms with van der Waals surface area (Å²) in [7, 11) is 1.67. The quantitative estimate of drug-likeness (QED) is 0.846. The van der Waals surface area contributed by atoms with E-state index in [0.29, 0.717) is 18.8 Å². The number of hydrogen-bond acceptors (Lipinski definition) is 2. The van der Waals surface area contributed by atoms with E-state index in [-0.39, 0.29) is 5.92 Å². The third kappa shape index (κ3) is 2.62. The van der Waals surface area contributed by atoms with Gasteiger partial charge in [0, 0.05) is 5.56 Å². The molecule has 1 aromatic rings. The molecule has 0 aromatic heterocycles. The van der Waals surface area contributed by atoms with Crippen molar-refractivity contribution in [3.05, 3.63) is 28.8 Å². The van der Waals surface area contributed by atoms with Crippen molar-refractivity contribution in [1.82, 2.24) is 0 Å². The molecule has 0 heterocycles. The van der Waals surface area contributed by atoms with Gasteiger partial charge in [0.1, 0.15) is 5.75 Å². The Balaban J connectivity index is 2.80. The van der Waals surface area contributed by atoms with E-state index >= 15 is 0 Å². The SMILES string of the molecule is COc1c(C(C)C)ccc(C(C)C)c1C1(C(=O)O)CCCC1. The summed E-state index contributed by atoms with van der Waals surface area (Å²) >= 11 is 0. The summed E-state index contributed by atoms with van der Waals surface area (Å²) in [4.78, 5) is 12.2. The average Bonchev–Trinajstić information content (AvgIpc) is 2.95. The third-order valence-corrected chi connectivity index (χ3v) is 5.01. The number of benzene rings is 1. The van der Waals surface area contributed by atoms with E-state index in [0.717, 1.165) is 35.3 Å². The van der Waals surface area contributed by atoms with Crippen molar-refractivity contribution >= 4 is 5.97 Å².